The summed E-state index contributed by atoms with van der Waals surface area (Å²) in [6, 6.07) is 9.84. The van der Waals surface area contributed by atoms with Crippen LogP contribution in [0.5, 0.6) is 0 Å². The van der Waals surface area contributed by atoms with Crippen LogP contribution in [0, 0.1) is 23.7 Å². The Balaban J connectivity index is 1.82. The number of carbonyl (C=O) groups is 1. The van der Waals surface area contributed by atoms with Crippen molar-refractivity contribution in [2.24, 2.45) is 29.4 Å². The van der Waals surface area contributed by atoms with Gasteiger partial charge in [0.25, 0.3) is 0 Å². The standard InChI is InChI=1S/C18H27NO2/c1-13-8-16(11-19)9-14(2)17(13)10-18(20)21-12-15-6-4-3-5-7-15/h3-7,13-14,16-17H,8-12,19H2,1-2H3. The highest BCUT2D eigenvalue weighted by Gasteiger charge is 2.34. The summed E-state index contributed by atoms with van der Waals surface area (Å²) in [6.45, 7) is 5.63. The van der Waals surface area contributed by atoms with Crippen LogP contribution < -0.4 is 5.73 Å². The van der Waals surface area contributed by atoms with Crippen molar-refractivity contribution in [2.45, 2.75) is 39.7 Å². The van der Waals surface area contributed by atoms with E-state index in [1.54, 1.807) is 0 Å². The quantitative estimate of drug-likeness (QED) is 0.845. The second-order valence-electron chi connectivity index (χ2n) is 6.54. The van der Waals surface area contributed by atoms with Crippen LogP contribution >= 0.6 is 0 Å². The molecule has 0 saturated heterocycles. The molecule has 2 unspecified atom stereocenters. The van der Waals surface area contributed by atoms with Gasteiger partial charge in [-0.05, 0) is 48.6 Å². The molecule has 2 rings (SSSR count). The molecule has 0 amide bonds. The molecular weight excluding hydrogens is 262 g/mol. The van der Waals surface area contributed by atoms with Crippen molar-refractivity contribution in [1.29, 1.82) is 0 Å². The van der Waals surface area contributed by atoms with Crippen molar-refractivity contribution in [3.05, 3.63) is 35.9 Å². The number of ether oxygens (including phenoxy) is 1. The van der Waals surface area contributed by atoms with Crippen LogP contribution in [0.4, 0.5) is 0 Å². The van der Waals surface area contributed by atoms with Crippen LogP contribution in [0.25, 0.3) is 0 Å². The van der Waals surface area contributed by atoms with Gasteiger partial charge in [0.1, 0.15) is 6.61 Å². The highest BCUT2D eigenvalue weighted by molar-refractivity contribution is 5.69. The SMILES string of the molecule is CC1CC(CN)CC(C)C1CC(=O)OCc1ccccc1. The minimum atomic E-state index is -0.0752. The van der Waals surface area contributed by atoms with Crippen LogP contribution in [0.3, 0.4) is 0 Å². The van der Waals surface area contributed by atoms with Crippen LogP contribution in [0.15, 0.2) is 30.3 Å². The Kier molecular flexibility index (Phi) is 5.80. The highest BCUT2D eigenvalue weighted by atomic mass is 16.5. The third kappa shape index (κ3) is 4.57. The summed E-state index contributed by atoms with van der Waals surface area (Å²) in [6.07, 6.45) is 2.81. The van der Waals surface area contributed by atoms with E-state index in [1.807, 2.05) is 30.3 Å². The first-order valence-electron chi connectivity index (χ1n) is 7.99. The maximum Gasteiger partial charge on any atom is 0.306 e. The Morgan fingerprint density at radius 2 is 1.81 bits per heavy atom. The van der Waals surface area contributed by atoms with Crippen LogP contribution in [0.2, 0.25) is 0 Å². The molecule has 3 nitrogen and oxygen atoms in total. The van der Waals surface area contributed by atoms with Crippen LogP contribution in [0.1, 0.15) is 38.7 Å². The first kappa shape index (κ1) is 16.0. The average Bonchev–Trinajstić information content (AvgIpc) is 2.49. The second kappa shape index (κ2) is 7.60. The Morgan fingerprint density at radius 3 is 2.38 bits per heavy atom. The van der Waals surface area contributed by atoms with Crippen LogP contribution in [-0.2, 0) is 16.1 Å². The molecule has 0 spiro atoms. The molecule has 0 aliphatic heterocycles. The summed E-state index contributed by atoms with van der Waals surface area (Å²) in [4.78, 5) is 12.1. The van der Waals surface area contributed by atoms with Crippen molar-refractivity contribution in [2.75, 3.05) is 6.54 Å². The zero-order valence-corrected chi connectivity index (χ0v) is 13.1. The molecule has 2 N–H and O–H groups in total. The molecule has 21 heavy (non-hydrogen) atoms. The molecule has 116 valence electrons. The summed E-state index contributed by atoms with van der Waals surface area (Å²) in [5, 5.41) is 0. The topological polar surface area (TPSA) is 52.3 Å². The lowest BCUT2D eigenvalue weighted by molar-refractivity contribution is -0.147. The smallest absolute Gasteiger partial charge is 0.306 e. The van der Waals surface area contributed by atoms with Gasteiger partial charge in [0.05, 0.1) is 0 Å². The lowest BCUT2D eigenvalue weighted by Crippen LogP contribution is -2.34. The van der Waals surface area contributed by atoms with E-state index in [2.05, 4.69) is 13.8 Å². The Labute approximate surface area is 127 Å². The minimum absolute atomic E-state index is 0.0752. The van der Waals surface area contributed by atoms with E-state index in [9.17, 15) is 4.79 Å². The third-order valence-corrected chi connectivity index (χ3v) is 4.85. The van der Waals surface area contributed by atoms with Crippen molar-refractivity contribution in [1.82, 2.24) is 0 Å². The minimum Gasteiger partial charge on any atom is -0.461 e. The van der Waals surface area contributed by atoms with Gasteiger partial charge in [-0.25, -0.2) is 0 Å². The number of hydrogen-bond acceptors (Lipinski definition) is 3. The number of benzene rings is 1. The normalized spacial score (nSPS) is 29.1. The molecule has 1 aromatic carbocycles. The van der Waals surface area contributed by atoms with Gasteiger partial charge in [0.2, 0.25) is 0 Å². The number of hydrogen-bond donors (Lipinski definition) is 1. The molecule has 1 aromatic rings. The molecule has 0 bridgehead atoms. The average molecular weight is 289 g/mol. The summed E-state index contributed by atoms with van der Waals surface area (Å²) in [7, 11) is 0. The third-order valence-electron chi connectivity index (χ3n) is 4.85. The Bertz CT molecular complexity index is 434. The van der Waals surface area contributed by atoms with E-state index in [1.165, 1.54) is 0 Å². The van der Waals surface area contributed by atoms with E-state index in [4.69, 9.17) is 10.5 Å². The number of rotatable bonds is 5. The van der Waals surface area contributed by atoms with Gasteiger partial charge in [0, 0.05) is 6.42 Å². The predicted octanol–water partition coefficient (Wildman–Crippen LogP) is 3.38. The van der Waals surface area contributed by atoms with Crippen molar-refractivity contribution >= 4 is 5.97 Å². The van der Waals surface area contributed by atoms with Gasteiger partial charge in [0.15, 0.2) is 0 Å². The van der Waals surface area contributed by atoms with Gasteiger partial charge in [-0.15, -0.1) is 0 Å². The first-order chi connectivity index (χ1) is 10.1. The largest absolute Gasteiger partial charge is 0.461 e. The molecular formula is C18H27NO2. The van der Waals surface area contributed by atoms with E-state index in [0.717, 1.165) is 24.9 Å². The number of esters is 1. The van der Waals surface area contributed by atoms with E-state index in [-0.39, 0.29) is 5.97 Å². The molecule has 1 aliphatic carbocycles. The van der Waals surface area contributed by atoms with Crippen molar-refractivity contribution < 1.29 is 9.53 Å². The van der Waals surface area contributed by atoms with Crippen molar-refractivity contribution in [3.8, 4) is 0 Å². The van der Waals surface area contributed by atoms with Gasteiger partial charge in [-0.2, -0.15) is 0 Å². The van der Waals surface area contributed by atoms with Crippen molar-refractivity contribution in [3.63, 3.8) is 0 Å². The molecule has 1 fully saturated rings. The maximum absolute atomic E-state index is 12.1. The van der Waals surface area contributed by atoms with Gasteiger partial charge < -0.3 is 10.5 Å². The molecule has 3 heteroatoms. The maximum atomic E-state index is 12.1. The van der Waals surface area contributed by atoms with E-state index in [0.29, 0.717) is 36.7 Å². The summed E-state index contributed by atoms with van der Waals surface area (Å²) in [5.74, 6) is 2.06. The Hall–Kier alpha value is -1.35. The molecule has 2 atom stereocenters. The predicted molar refractivity (Wildman–Crippen MR) is 84.5 cm³/mol. The molecule has 0 aromatic heterocycles. The zero-order valence-electron chi connectivity index (χ0n) is 13.1. The lowest BCUT2D eigenvalue weighted by Gasteiger charge is -2.38. The van der Waals surface area contributed by atoms with E-state index < -0.39 is 0 Å². The first-order valence-corrected chi connectivity index (χ1v) is 7.99. The summed E-state index contributed by atoms with van der Waals surface area (Å²) < 4.78 is 5.42. The second-order valence-corrected chi connectivity index (χ2v) is 6.54. The molecule has 0 heterocycles. The fraction of sp³-hybridized carbons (Fsp3) is 0.611. The number of nitrogens with two attached hydrogens (primary N) is 1. The van der Waals surface area contributed by atoms with Gasteiger partial charge in [-0.3, -0.25) is 4.79 Å². The molecule has 0 radical (unpaired) electrons. The fourth-order valence-corrected chi connectivity index (χ4v) is 3.64. The number of carbonyl (C=O) groups excluding carboxylic acids is 1. The highest BCUT2D eigenvalue weighted by Crippen LogP contribution is 2.39. The lowest BCUT2D eigenvalue weighted by atomic mass is 9.68. The monoisotopic (exact) mass is 289 g/mol. The Morgan fingerprint density at radius 1 is 1.19 bits per heavy atom. The molecule has 1 aliphatic rings. The van der Waals surface area contributed by atoms with E-state index >= 15 is 0 Å². The fourth-order valence-electron chi connectivity index (χ4n) is 3.64. The van der Waals surface area contributed by atoms with Gasteiger partial charge >= 0.3 is 5.97 Å². The zero-order chi connectivity index (χ0) is 15.2. The van der Waals surface area contributed by atoms with Crippen LogP contribution in [-0.4, -0.2) is 12.5 Å². The summed E-state index contributed by atoms with van der Waals surface area (Å²) in [5.41, 5.74) is 6.84. The van der Waals surface area contributed by atoms with Gasteiger partial charge in [-0.1, -0.05) is 44.2 Å². The summed E-state index contributed by atoms with van der Waals surface area (Å²) >= 11 is 0. The molecule has 1 saturated carbocycles.